The average Bonchev–Trinajstić information content (AvgIpc) is 1.65. The molecule has 2 saturated heterocycles. The van der Waals surface area contributed by atoms with Gasteiger partial charge in [0.15, 0.2) is 23.1 Å². The average molecular weight is 1780 g/mol. The van der Waals surface area contributed by atoms with Gasteiger partial charge in [-0.2, -0.15) is 0 Å². The van der Waals surface area contributed by atoms with Gasteiger partial charge in [0.25, 0.3) is 0 Å². The Bertz CT molecular complexity index is 5460. The fourth-order valence-electron chi connectivity index (χ4n) is 15.5. The molecule has 8 aromatic rings. The number of fused-ring (bicyclic) bond motifs is 2. The van der Waals surface area contributed by atoms with Crippen LogP contribution in [0, 0.1) is 34.3 Å². The molecule has 125 heavy (non-hydrogen) atoms. The van der Waals surface area contributed by atoms with E-state index in [1.807, 2.05) is 72.8 Å². The molecule has 0 spiro atoms. The van der Waals surface area contributed by atoms with Crippen molar-refractivity contribution in [2.24, 2.45) is 22.7 Å². The lowest BCUT2D eigenvalue weighted by molar-refractivity contribution is -0.131. The number of Topliss-reactive ketones (excluding diaryl/α,β-unsaturated/α-hetero) is 2. The summed E-state index contributed by atoms with van der Waals surface area (Å²) in [5.41, 5.74) is 17.3. The molecule has 1 amide bonds. The fourth-order valence-corrected chi connectivity index (χ4v) is 17.6. The first kappa shape index (κ1) is 98.7. The number of hydrogen-bond acceptors (Lipinski definition) is 17. The highest BCUT2D eigenvalue weighted by molar-refractivity contribution is 7.23. The van der Waals surface area contributed by atoms with Gasteiger partial charge < -0.3 is 24.8 Å². The van der Waals surface area contributed by atoms with E-state index in [1.54, 1.807) is 67.9 Å². The third-order valence-corrected chi connectivity index (χ3v) is 25.4. The van der Waals surface area contributed by atoms with E-state index in [-0.39, 0.29) is 67.5 Å². The van der Waals surface area contributed by atoms with Crippen molar-refractivity contribution in [3.05, 3.63) is 261 Å². The number of benzene rings is 2. The number of allylic oxidation sites excluding steroid dienone is 18. The Hall–Kier alpha value is -10.1. The second kappa shape index (κ2) is 46.9. The lowest BCUT2D eigenvalue weighted by Crippen LogP contribution is -2.47. The highest BCUT2D eigenvalue weighted by Gasteiger charge is 2.30. The van der Waals surface area contributed by atoms with Crippen molar-refractivity contribution in [3.8, 4) is 44.1 Å². The summed E-state index contributed by atoms with van der Waals surface area (Å²) in [5, 5.41) is 9.75. The standard InChI is InChI=1S/C49H55FN4O3S.C29H29FN4O2S.C20H28O2.C2Cl2O2.2CH4/c1-33(11-16-40-35(3)10-7-20-49(40,4)5)8-6-9-34(2)26-47(56)54-24-22-53(23-25-54)32-38-14-17-42(52-31-38)46-30-43-48(58-46)45(19-21-51-43)57-44-18-15-37(29-41(44)50)28-39(55)27-36-12-13-36;30-23-15-20(14-22(35)13-19-1-2-19)4-6-26(23)36-27-7-8-32-25-16-28(37-29(25)27)24-5-3-21(17-33-24)18-34-11-9-31-10-12-34;1-15(8-6-9-16(2)14-19(21)22)11-12-18-17(3)10-7-13-20(18,4)5;3-1(5)2(4)6;;/h6,8-9,11,14-19,21,26,29-31,36H,7,10,12-13,20,22-25,27-28,32H2,1-5H3;3-8,15-17,19,31H,1-2,9-14,18H2;6,8-9,11-12,14H,7,10,13H2,1-5H3,(H,21,22);;2*1H4/b9-6+,16-11+,33-8+,34-26+;;9-6+,12-11+,15-8+,16-14+;;;. The molecule has 2 saturated carbocycles. The molecule has 2 N–H and O–H groups in total. The Kier molecular flexibility index (Phi) is 37.0. The smallest absolute Gasteiger partial charge is 0.328 e. The van der Waals surface area contributed by atoms with Crippen LogP contribution in [0.1, 0.15) is 183 Å². The molecule has 4 fully saturated rings. The van der Waals surface area contributed by atoms with Gasteiger partial charge in [-0.05, 0) is 245 Å². The van der Waals surface area contributed by atoms with Crippen LogP contribution < -0.4 is 14.8 Å². The number of aliphatic carboxylic acids is 1. The number of nitrogens with zero attached hydrogens (tertiary/aromatic N) is 7. The van der Waals surface area contributed by atoms with Crippen molar-refractivity contribution in [3.63, 3.8) is 0 Å². The highest BCUT2D eigenvalue weighted by Crippen LogP contribution is 2.45. The van der Waals surface area contributed by atoms with Gasteiger partial charge in [-0.15, -0.1) is 22.7 Å². The van der Waals surface area contributed by atoms with Crippen LogP contribution in [0.3, 0.4) is 0 Å². The number of hydrogen-bond donors (Lipinski definition) is 2. The number of ether oxygens (including phenoxy) is 2. The third-order valence-electron chi connectivity index (χ3n) is 22.7. The number of carbonyl (C=O) groups excluding carboxylic acids is 5. The molecular weight excluding hydrogens is 1650 g/mol. The van der Waals surface area contributed by atoms with E-state index in [0.717, 1.165) is 142 Å². The lowest BCUT2D eigenvalue weighted by atomic mass is 9.72. The predicted molar refractivity (Wildman–Crippen MR) is 506 cm³/mol. The Morgan fingerprint density at radius 1 is 0.528 bits per heavy atom. The van der Waals surface area contributed by atoms with Crippen molar-refractivity contribution in [1.82, 2.24) is 40.0 Å². The fraction of sp³-hybridized carbons (Fsp3) is 0.392. The maximum atomic E-state index is 15.1. The van der Waals surface area contributed by atoms with Crippen molar-refractivity contribution in [2.45, 2.75) is 187 Å². The summed E-state index contributed by atoms with van der Waals surface area (Å²) < 4.78 is 43.7. The van der Waals surface area contributed by atoms with Gasteiger partial charge in [-0.25, -0.2) is 13.6 Å². The topological polar surface area (TPSA) is 214 Å². The molecule has 6 aliphatic rings. The molecule has 8 heterocycles. The molecular formula is C102H120Cl2F2N8O9S2. The number of piperazine rings is 2. The number of amides is 1. The van der Waals surface area contributed by atoms with Crippen LogP contribution in [0.25, 0.3) is 41.6 Å². The largest absolute Gasteiger partial charge is 0.478 e. The number of pyridine rings is 4. The van der Waals surface area contributed by atoms with Gasteiger partial charge >= 0.3 is 16.5 Å². The van der Waals surface area contributed by atoms with Crippen LogP contribution in [0.15, 0.2) is 227 Å². The van der Waals surface area contributed by atoms with Crippen LogP contribution in [0.5, 0.6) is 23.0 Å². The molecule has 0 bridgehead atoms. The molecule has 662 valence electrons. The van der Waals surface area contributed by atoms with E-state index in [9.17, 15) is 33.2 Å². The van der Waals surface area contributed by atoms with Crippen LogP contribution in [-0.4, -0.2) is 126 Å². The summed E-state index contributed by atoms with van der Waals surface area (Å²) in [5.74, 6) is 0.873. The van der Waals surface area contributed by atoms with Crippen molar-refractivity contribution in [1.29, 1.82) is 0 Å². The summed E-state index contributed by atoms with van der Waals surface area (Å²) in [4.78, 5) is 94.1. The van der Waals surface area contributed by atoms with Gasteiger partial charge in [-0.3, -0.25) is 53.7 Å². The molecule has 2 aromatic carbocycles. The van der Waals surface area contributed by atoms with E-state index in [1.165, 1.54) is 113 Å². The Morgan fingerprint density at radius 3 is 1.33 bits per heavy atom. The summed E-state index contributed by atoms with van der Waals surface area (Å²) >= 11 is 12.0. The number of carboxylic acid groups (broad SMARTS) is 1. The zero-order chi connectivity index (χ0) is 87.9. The minimum absolute atomic E-state index is 0. The first-order valence-corrected chi connectivity index (χ1v) is 44.8. The maximum Gasteiger partial charge on any atom is 0.328 e. The number of aromatic nitrogens is 4. The number of nitrogens with one attached hydrogen (secondary N) is 1. The summed E-state index contributed by atoms with van der Waals surface area (Å²) in [6.07, 6.45) is 44.4. The zero-order valence-corrected chi connectivity index (χ0v) is 75.3. The lowest BCUT2D eigenvalue weighted by Gasteiger charge is -2.34. The molecule has 4 aliphatic carbocycles. The third kappa shape index (κ3) is 30.6. The number of halogens is 4. The molecule has 0 radical (unpaired) electrons. The first-order chi connectivity index (χ1) is 58.9. The van der Waals surface area contributed by atoms with E-state index < -0.39 is 28.1 Å². The molecule has 0 atom stereocenters. The highest BCUT2D eigenvalue weighted by atomic mass is 35.5. The zero-order valence-electron chi connectivity index (χ0n) is 72.1. The molecule has 17 nitrogen and oxygen atoms in total. The minimum Gasteiger partial charge on any atom is -0.478 e. The Morgan fingerprint density at radius 2 is 0.944 bits per heavy atom. The predicted octanol–water partition coefficient (Wildman–Crippen LogP) is 24.4. The summed E-state index contributed by atoms with van der Waals surface area (Å²) in [7, 11) is 0. The van der Waals surface area contributed by atoms with Crippen LogP contribution >= 0.6 is 45.9 Å². The molecule has 23 heteroatoms. The van der Waals surface area contributed by atoms with Crippen molar-refractivity contribution in [2.75, 3.05) is 52.4 Å². The molecule has 0 unspecified atom stereocenters. The van der Waals surface area contributed by atoms with Crippen molar-refractivity contribution < 1.29 is 52.1 Å². The first-order valence-electron chi connectivity index (χ1n) is 42.4. The monoisotopic (exact) mass is 1770 g/mol. The quantitative estimate of drug-likeness (QED) is 0.0193. The SMILES string of the molecule is C.C.CC1=C(/C=C/C(C)=C/C=C/C(C)=C/C(=O)N2CCN(Cc3ccc(-c4cc5nccc(Oc6ccc(CC(=O)CC7CC7)cc6F)c5s4)nc3)CC2)C(C)(C)CCC1.CC1=C(/C=C/C(C)=C/C=C/C(C)=C/C(=O)O)C(C)(C)CCC1.O=C(Cc1ccc(Oc2ccnc3cc(-c4ccc(CN5CCNCC5)cn4)sc23)c(F)c1)CC1CC1.O=C(Cl)C(=O)Cl. The number of rotatable bonds is 29. The van der Waals surface area contributed by atoms with Gasteiger partial charge in [0, 0.05) is 140 Å². The maximum absolute atomic E-state index is 15.1. The van der Waals surface area contributed by atoms with Crippen LogP contribution in [-0.2, 0) is 54.7 Å². The summed E-state index contributed by atoms with van der Waals surface area (Å²) in [6.45, 7) is 30.5. The van der Waals surface area contributed by atoms with Gasteiger partial charge in [0.05, 0.1) is 41.6 Å². The number of carboxylic acids is 1. The van der Waals surface area contributed by atoms with Gasteiger partial charge in [0.2, 0.25) is 5.91 Å². The van der Waals surface area contributed by atoms with E-state index in [4.69, 9.17) is 24.5 Å². The van der Waals surface area contributed by atoms with E-state index >= 15 is 4.39 Å². The van der Waals surface area contributed by atoms with E-state index in [2.05, 4.69) is 146 Å². The number of ketones is 2. The van der Waals surface area contributed by atoms with Gasteiger partial charge in [0.1, 0.15) is 23.1 Å². The second-order valence-electron chi connectivity index (χ2n) is 34.2. The molecule has 6 aromatic heterocycles. The number of thiophene rings is 2. The normalized spacial score (nSPS) is 17.2. The Labute approximate surface area is 754 Å². The van der Waals surface area contributed by atoms with Crippen molar-refractivity contribution >= 4 is 100 Å². The minimum atomic E-state index is -1.14. The summed E-state index contributed by atoms with van der Waals surface area (Å²) in [6, 6.07) is 25.3. The van der Waals surface area contributed by atoms with Crippen LogP contribution in [0.2, 0.25) is 0 Å². The second-order valence-corrected chi connectivity index (χ2v) is 37.0. The van der Waals surface area contributed by atoms with E-state index in [0.29, 0.717) is 60.4 Å². The molecule has 14 rings (SSSR count). The van der Waals surface area contributed by atoms with Crippen LogP contribution in [0.4, 0.5) is 8.78 Å². The Balaban J connectivity index is 0.000000225. The number of carbonyl (C=O) groups is 6. The van der Waals surface area contributed by atoms with Gasteiger partial charge in [-0.1, -0.05) is 150 Å². The molecule has 2 aliphatic heterocycles.